The van der Waals surface area contributed by atoms with Crippen LogP contribution in [-0.4, -0.2) is 76.0 Å². The van der Waals surface area contributed by atoms with E-state index in [4.69, 9.17) is 0 Å². The van der Waals surface area contributed by atoms with Gasteiger partial charge in [-0.25, -0.2) is 17.5 Å². The number of carbonyl (C=O) groups excluding carboxylic acids is 1. The fourth-order valence-corrected chi connectivity index (χ4v) is 4.90. The fourth-order valence-electron chi connectivity index (χ4n) is 3.60. The lowest BCUT2D eigenvalue weighted by Crippen LogP contribution is -2.49. The number of hydrogen-bond acceptors (Lipinski definition) is 5. The quantitative estimate of drug-likeness (QED) is 0.692. The van der Waals surface area contributed by atoms with E-state index in [1.165, 1.54) is 18.2 Å². The minimum Gasteiger partial charge on any atom is -0.340 e. The molecule has 1 aromatic carbocycles. The Morgan fingerprint density at radius 3 is 2.71 bits per heavy atom. The van der Waals surface area contributed by atoms with Crippen molar-refractivity contribution >= 4 is 28.3 Å². The van der Waals surface area contributed by atoms with Gasteiger partial charge in [-0.2, -0.15) is 0 Å². The molecule has 158 valence electrons. The first kappa shape index (κ1) is 23.0. The molecule has 7 nitrogen and oxygen atoms in total. The van der Waals surface area contributed by atoms with E-state index in [0.717, 1.165) is 51.6 Å². The van der Waals surface area contributed by atoms with Gasteiger partial charge in [0.1, 0.15) is 5.82 Å². The van der Waals surface area contributed by atoms with Crippen LogP contribution >= 0.6 is 12.4 Å². The third-order valence-electron chi connectivity index (χ3n) is 5.05. The van der Waals surface area contributed by atoms with Gasteiger partial charge in [-0.1, -0.05) is 6.07 Å². The molecule has 1 atom stereocenters. The molecule has 0 saturated carbocycles. The summed E-state index contributed by atoms with van der Waals surface area (Å²) in [6.07, 6.45) is 2.04. The van der Waals surface area contributed by atoms with E-state index in [-0.39, 0.29) is 29.3 Å². The van der Waals surface area contributed by atoms with Crippen LogP contribution in [0.15, 0.2) is 29.2 Å². The summed E-state index contributed by atoms with van der Waals surface area (Å²) < 4.78 is 40.9. The lowest BCUT2D eigenvalue weighted by Gasteiger charge is -2.34. The molecule has 0 aliphatic carbocycles. The minimum atomic E-state index is -3.75. The van der Waals surface area contributed by atoms with Gasteiger partial charge in [0.25, 0.3) is 0 Å². The molecule has 2 N–H and O–H groups in total. The summed E-state index contributed by atoms with van der Waals surface area (Å²) in [4.78, 5) is 16.2. The van der Waals surface area contributed by atoms with Gasteiger partial charge in [-0.15, -0.1) is 12.4 Å². The third-order valence-corrected chi connectivity index (χ3v) is 6.56. The molecule has 1 unspecified atom stereocenters. The maximum absolute atomic E-state index is 13.3. The molecule has 0 bridgehead atoms. The van der Waals surface area contributed by atoms with Crippen molar-refractivity contribution in [1.29, 1.82) is 0 Å². The van der Waals surface area contributed by atoms with Crippen molar-refractivity contribution in [3.05, 3.63) is 30.1 Å². The van der Waals surface area contributed by atoms with Crippen LogP contribution in [-0.2, 0) is 14.8 Å². The smallest absolute Gasteiger partial charge is 0.240 e. The highest BCUT2D eigenvalue weighted by Gasteiger charge is 2.26. The SMILES string of the molecule is Cl.O=C(CCN1CCCC(NS(=O)(=O)c2cccc(F)c2)C1)N1CCNCC1. The van der Waals surface area contributed by atoms with E-state index in [9.17, 15) is 17.6 Å². The highest BCUT2D eigenvalue weighted by molar-refractivity contribution is 7.89. The van der Waals surface area contributed by atoms with Crippen molar-refractivity contribution in [3.63, 3.8) is 0 Å². The van der Waals surface area contributed by atoms with Crippen molar-refractivity contribution in [3.8, 4) is 0 Å². The second-order valence-electron chi connectivity index (χ2n) is 7.10. The molecule has 2 aliphatic rings. The molecule has 10 heteroatoms. The molecule has 2 fully saturated rings. The molecular weight excluding hydrogens is 407 g/mol. The van der Waals surface area contributed by atoms with Crippen molar-refractivity contribution in [2.75, 3.05) is 45.8 Å². The Morgan fingerprint density at radius 2 is 2.00 bits per heavy atom. The number of hydrogen-bond donors (Lipinski definition) is 2. The average Bonchev–Trinajstić information content (AvgIpc) is 2.67. The summed E-state index contributed by atoms with van der Waals surface area (Å²) in [5, 5.41) is 3.23. The van der Waals surface area contributed by atoms with Gasteiger partial charge in [0.05, 0.1) is 4.90 Å². The second-order valence-corrected chi connectivity index (χ2v) is 8.81. The number of halogens is 2. The van der Waals surface area contributed by atoms with E-state index in [2.05, 4.69) is 14.9 Å². The topological polar surface area (TPSA) is 81.8 Å². The summed E-state index contributed by atoms with van der Waals surface area (Å²) in [7, 11) is -3.75. The summed E-state index contributed by atoms with van der Waals surface area (Å²) in [6, 6.07) is 4.78. The number of rotatable bonds is 6. The molecule has 1 amide bonds. The second kappa shape index (κ2) is 10.5. The van der Waals surface area contributed by atoms with Crippen LogP contribution in [0.5, 0.6) is 0 Å². The van der Waals surface area contributed by atoms with Crippen LogP contribution < -0.4 is 10.0 Å². The molecule has 0 aromatic heterocycles. The standard InChI is InChI=1S/C18H27FN4O3S.ClH/c19-15-3-1-5-17(13-15)27(25,26)21-16-4-2-9-22(14-16)10-6-18(24)23-11-7-20-8-12-23;/h1,3,5,13,16,20-21H,2,4,6-12,14H2;1H. The maximum atomic E-state index is 13.3. The van der Waals surface area contributed by atoms with E-state index >= 15 is 0 Å². The number of likely N-dealkylation sites (tertiary alicyclic amines) is 1. The molecule has 2 saturated heterocycles. The van der Waals surface area contributed by atoms with Crippen LogP contribution in [0.2, 0.25) is 0 Å². The fraction of sp³-hybridized carbons (Fsp3) is 0.611. The summed E-state index contributed by atoms with van der Waals surface area (Å²) in [5.41, 5.74) is 0. The van der Waals surface area contributed by atoms with Gasteiger partial charge in [-0.05, 0) is 37.6 Å². The number of carbonyl (C=O) groups is 1. The Bertz CT molecular complexity index is 759. The van der Waals surface area contributed by atoms with E-state index in [1.807, 2.05) is 4.90 Å². The molecule has 2 heterocycles. The van der Waals surface area contributed by atoms with E-state index in [1.54, 1.807) is 0 Å². The Kier molecular flexibility index (Phi) is 8.63. The Hall–Kier alpha value is -1.26. The van der Waals surface area contributed by atoms with E-state index in [0.29, 0.717) is 19.5 Å². The molecule has 2 aliphatic heterocycles. The van der Waals surface area contributed by atoms with Crippen molar-refractivity contribution in [2.45, 2.75) is 30.2 Å². The van der Waals surface area contributed by atoms with Gasteiger partial charge in [0.2, 0.25) is 15.9 Å². The molecule has 0 radical (unpaired) electrons. The summed E-state index contributed by atoms with van der Waals surface area (Å²) >= 11 is 0. The van der Waals surface area contributed by atoms with E-state index < -0.39 is 15.8 Å². The zero-order valence-electron chi connectivity index (χ0n) is 15.8. The third kappa shape index (κ3) is 6.38. The number of amides is 1. The highest BCUT2D eigenvalue weighted by Crippen LogP contribution is 2.16. The normalized spacial score (nSPS) is 21.2. The van der Waals surface area contributed by atoms with Crippen LogP contribution in [0.4, 0.5) is 4.39 Å². The molecule has 0 spiro atoms. The first-order chi connectivity index (χ1) is 12.9. The predicted octanol–water partition coefficient (Wildman–Crippen LogP) is 0.812. The Balaban J connectivity index is 0.00000280. The number of sulfonamides is 1. The zero-order valence-corrected chi connectivity index (χ0v) is 17.4. The maximum Gasteiger partial charge on any atom is 0.240 e. The predicted molar refractivity (Wildman–Crippen MR) is 107 cm³/mol. The monoisotopic (exact) mass is 434 g/mol. The number of nitrogens with zero attached hydrogens (tertiary/aromatic N) is 2. The Labute approximate surface area is 172 Å². The average molecular weight is 435 g/mol. The lowest BCUT2D eigenvalue weighted by atomic mass is 10.1. The van der Waals surface area contributed by atoms with Gasteiger partial charge in [0.15, 0.2) is 0 Å². The van der Waals surface area contributed by atoms with Crippen molar-refractivity contribution in [2.24, 2.45) is 0 Å². The summed E-state index contributed by atoms with van der Waals surface area (Å²) in [5.74, 6) is -0.423. The number of benzene rings is 1. The number of piperazine rings is 1. The van der Waals surface area contributed by atoms with Crippen LogP contribution in [0.25, 0.3) is 0 Å². The first-order valence-corrected chi connectivity index (χ1v) is 10.9. The highest BCUT2D eigenvalue weighted by atomic mass is 35.5. The zero-order chi connectivity index (χ0) is 19.3. The van der Waals surface area contributed by atoms with Crippen LogP contribution in [0.3, 0.4) is 0 Å². The van der Waals surface area contributed by atoms with Gasteiger partial charge in [-0.3, -0.25) is 4.79 Å². The van der Waals surface area contributed by atoms with Crippen LogP contribution in [0.1, 0.15) is 19.3 Å². The Morgan fingerprint density at radius 1 is 1.25 bits per heavy atom. The summed E-state index contributed by atoms with van der Waals surface area (Å²) in [6.45, 7) is 5.19. The molecule has 28 heavy (non-hydrogen) atoms. The molecular formula is C18H28ClFN4O3S. The number of piperidine rings is 1. The van der Waals surface area contributed by atoms with Crippen molar-refractivity contribution < 1.29 is 17.6 Å². The molecule has 1 aromatic rings. The van der Waals surface area contributed by atoms with Gasteiger partial charge >= 0.3 is 0 Å². The van der Waals surface area contributed by atoms with Crippen LogP contribution in [0, 0.1) is 5.82 Å². The minimum absolute atomic E-state index is 0. The lowest BCUT2D eigenvalue weighted by molar-refractivity contribution is -0.132. The molecule has 3 rings (SSSR count). The first-order valence-electron chi connectivity index (χ1n) is 9.43. The number of nitrogens with one attached hydrogen (secondary N) is 2. The largest absolute Gasteiger partial charge is 0.340 e. The van der Waals surface area contributed by atoms with Gasteiger partial charge < -0.3 is 15.1 Å². The van der Waals surface area contributed by atoms with Gasteiger partial charge in [0, 0.05) is 51.7 Å². The van der Waals surface area contributed by atoms with Crippen molar-refractivity contribution in [1.82, 2.24) is 19.8 Å².